The number of benzene rings is 1. The Balaban J connectivity index is 1.74. The van der Waals surface area contributed by atoms with E-state index in [-0.39, 0.29) is 17.3 Å². The summed E-state index contributed by atoms with van der Waals surface area (Å²) in [5.74, 6) is 0.172. The molecular formula is C20H23FN4O2. The second-order valence-electron chi connectivity index (χ2n) is 7.26. The van der Waals surface area contributed by atoms with Crippen molar-refractivity contribution in [3.63, 3.8) is 0 Å². The summed E-state index contributed by atoms with van der Waals surface area (Å²) in [7, 11) is 1.57. The van der Waals surface area contributed by atoms with Gasteiger partial charge in [0.2, 0.25) is 5.91 Å². The first kappa shape index (κ1) is 17.7. The molecule has 1 unspecified atom stereocenters. The number of rotatable bonds is 2. The Labute approximate surface area is 157 Å². The van der Waals surface area contributed by atoms with E-state index in [0.717, 1.165) is 44.3 Å². The smallest absolute Gasteiger partial charge is 0.266 e. The van der Waals surface area contributed by atoms with Crippen LogP contribution in [0.4, 0.5) is 15.9 Å². The van der Waals surface area contributed by atoms with E-state index in [4.69, 9.17) is 0 Å². The molecular weight excluding hydrogens is 347 g/mol. The molecule has 3 heterocycles. The number of nitrogens with zero attached hydrogens (tertiary/aromatic N) is 4. The van der Waals surface area contributed by atoms with Crippen molar-refractivity contribution in [1.29, 1.82) is 0 Å². The van der Waals surface area contributed by atoms with E-state index >= 15 is 0 Å². The summed E-state index contributed by atoms with van der Waals surface area (Å²) in [6.07, 6.45) is 4.82. The van der Waals surface area contributed by atoms with Crippen LogP contribution in [0.5, 0.6) is 0 Å². The normalized spacial score (nSPS) is 19.7. The van der Waals surface area contributed by atoms with Crippen molar-refractivity contribution in [3.8, 4) is 0 Å². The Morgan fingerprint density at radius 3 is 2.56 bits per heavy atom. The maximum absolute atomic E-state index is 13.9. The molecule has 7 heteroatoms. The number of aromatic nitrogens is 2. The molecule has 1 saturated heterocycles. The molecule has 6 nitrogen and oxygen atoms in total. The molecule has 1 aromatic heterocycles. The van der Waals surface area contributed by atoms with E-state index in [0.29, 0.717) is 17.9 Å². The minimum absolute atomic E-state index is 0.0455. The van der Waals surface area contributed by atoms with Gasteiger partial charge in [-0.1, -0.05) is 18.9 Å². The van der Waals surface area contributed by atoms with Crippen molar-refractivity contribution >= 4 is 17.4 Å². The van der Waals surface area contributed by atoms with Gasteiger partial charge in [0.15, 0.2) is 5.82 Å². The lowest BCUT2D eigenvalue weighted by molar-refractivity contribution is -0.132. The first-order valence-corrected chi connectivity index (χ1v) is 9.45. The molecule has 4 rings (SSSR count). The number of amides is 1. The summed E-state index contributed by atoms with van der Waals surface area (Å²) >= 11 is 0. The second kappa shape index (κ2) is 7.13. The molecule has 0 aliphatic carbocycles. The lowest BCUT2D eigenvalue weighted by Gasteiger charge is -2.30. The van der Waals surface area contributed by atoms with E-state index in [9.17, 15) is 14.0 Å². The highest BCUT2D eigenvalue weighted by Gasteiger charge is 2.38. The summed E-state index contributed by atoms with van der Waals surface area (Å²) in [5, 5.41) is 4.32. The van der Waals surface area contributed by atoms with Crippen molar-refractivity contribution in [2.45, 2.75) is 38.1 Å². The minimum atomic E-state index is -0.468. The van der Waals surface area contributed by atoms with Gasteiger partial charge in [-0.3, -0.25) is 9.59 Å². The van der Waals surface area contributed by atoms with Gasteiger partial charge in [-0.15, -0.1) is 0 Å². The highest BCUT2D eigenvalue weighted by atomic mass is 19.1. The highest BCUT2D eigenvalue weighted by molar-refractivity contribution is 5.91. The SMILES string of the molecule is Cn1nc(N2c3cc(F)ccc3CC2C(=O)N2CCCCCC2)ccc1=O. The van der Waals surface area contributed by atoms with Crippen LogP contribution >= 0.6 is 0 Å². The highest BCUT2D eigenvalue weighted by Crippen LogP contribution is 2.38. The Morgan fingerprint density at radius 2 is 1.85 bits per heavy atom. The average molecular weight is 370 g/mol. The molecule has 1 amide bonds. The third-order valence-electron chi connectivity index (χ3n) is 5.43. The summed E-state index contributed by atoms with van der Waals surface area (Å²) in [6.45, 7) is 1.52. The number of likely N-dealkylation sites (tertiary alicyclic amines) is 1. The number of anilines is 2. The maximum atomic E-state index is 13.9. The molecule has 142 valence electrons. The molecule has 0 saturated carbocycles. The summed E-state index contributed by atoms with van der Waals surface area (Å²) in [6, 6.07) is 7.15. The third-order valence-corrected chi connectivity index (χ3v) is 5.43. The number of fused-ring (bicyclic) bond motifs is 1. The molecule has 1 fully saturated rings. The van der Waals surface area contributed by atoms with Crippen LogP contribution in [-0.2, 0) is 18.3 Å². The van der Waals surface area contributed by atoms with Crippen LogP contribution in [0.1, 0.15) is 31.2 Å². The van der Waals surface area contributed by atoms with Gasteiger partial charge in [-0.05, 0) is 36.6 Å². The van der Waals surface area contributed by atoms with Crippen molar-refractivity contribution in [3.05, 3.63) is 52.1 Å². The number of hydrogen-bond acceptors (Lipinski definition) is 4. The molecule has 0 N–H and O–H groups in total. The van der Waals surface area contributed by atoms with Crippen LogP contribution in [0.3, 0.4) is 0 Å². The van der Waals surface area contributed by atoms with Crippen LogP contribution in [-0.4, -0.2) is 39.7 Å². The molecule has 1 aromatic carbocycles. The Hall–Kier alpha value is -2.70. The van der Waals surface area contributed by atoms with Gasteiger partial charge in [0.1, 0.15) is 11.9 Å². The van der Waals surface area contributed by atoms with Crippen LogP contribution in [0.2, 0.25) is 0 Å². The molecule has 1 atom stereocenters. The first-order chi connectivity index (χ1) is 13.0. The van der Waals surface area contributed by atoms with Gasteiger partial charge in [0.25, 0.3) is 5.56 Å². The van der Waals surface area contributed by atoms with Crippen molar-refractivity contribution in [2.75, 3.05) is 18.0 Å². The fourth-order valence-corrected chi connectivity index (χ4v) is 4.00. The predicted molar refractivity (Wildman–Crippen MR) is 101 cm³/mol. The van der Waals surface area contributed by atoms with E-state index in [1.165, 1.54) is 22.9 Å². The zero-order valence-corrected chi connectivity index (χ0v) is 15.4. The topological polar surface area (TPSA) is 58.4 Å². The molecule has 27 heavy (non-hydrogen) atoms. The molecule has 0 spiro atoms. The van der Waals surface area contributed by atoms with Crippen molar-refractivity contribution in [2.24, 2.45) is 7.05 Å². The Kier molecular flexibility index (Phi) is 4.68. The number of aryl methyl sites for hydroxylation is 1. The third kappa shape index (κ3) is 3.34. The molecule has 0 radical (unpaired) electrons. The van der Waals surface area contributed by atoms with Crippen LogP contribution < -0.4 is 10.5 Å². The standard InChI is InChI=1S/C20H23FN4O2/c1-23-19(26)9-8-18(22-23)25-16-13-15(21)7-6-14(16)12-17(25)20(27)24-10-4-2-3-5-11-24/h6-9,13,17H,2-5,10-12H2,1H3. The van der Waals surface area contributed by atoms with Gasteiger partial charge >= 0.3 is 0 Å². The molecule has 0 bridgehead atoms. The van der Waals surface area contributed by atoms with Gasteiger partial charge < -0.3 is 9.80 Å². The van der Waals surface area contributed by atoms with Crippen LogP contribution in [0, 0.1) is 5.82 Å². The van der Waals surface area contributed by atoms with E-state index in [1.54, 1.807) is 24.1 Å². The zero-order chi connectivity index (χ0) is 19.0. The number of halogens is 1. The Morgan fingerprint density at radius 1 is 1.11 bits per heavy atom. The van der Waals surface area contributed by atoms with Gasteiger partial charge in [-0.2, -0.15) is 5.10 Å². The molecule has 2 aromatic rings. The van der Waals surface area contributed by atoms with E-state index in [2.05, 4.69) is 5.10 Å². The predicted octanol–water partition coefficient (Wildman–Crippen LogP) is 2.38. The largest absolute Gasteiger partial charge is 0.341 e. The maximum Gasteiger partial charge on any atom is 0.266 e. The van der Waals surface area contributed by atoms with Crippen molar-refractivity contribution in [1.82, 2.24) is 14.7 Å². The summed E-state index contributed by atoms with van der Waals surface area (Å²) < 4.78 is 15.2. The van der Waals surface area contributed by atoms with Gasteiger partial charge in [-0.25, -0.2) is 9.07 Å². The molecule has 2 aliphatic rings. The average Bonchev–Trinajstić information content (AvgIpc) is 2.83. The molecule has 2 aliphatic heterocycles. The van der Waals surface area contributed by atoms with Crippen LogP contribution in [0.15, 0.2) is 35.1 Å². The second-order valence-corrected chi connectivity index (χ2v) is 7.26. The summed E-state index contributed by atoms with van der Waals surface area (Å²) in [4.78, 5) is 28.8. The lowest BCUT2D eigenvalue weighted by Crippen LogP contribution is -2.46. The quantitative estimate of drug-likeness (QED) is 0.815. The summed E-state index contributed by atoms with van der Waals surface area (Å²) in [5.41, 5.74) is 1.34. The van der Waals surface area contributed by atoms with Gasteiger partial charge in [0.05, 0.1) is 0 Å². The number of hydrogen-bond donors (Lipinski definition) is 0. The number of carbonyl (C=O) groups is 1. The first-order valence-electron chi connectivity index (χ1n) is 9.45. The fourth-order valence-electron chi connectivity index (χ4n) is 4.00. The van der Waals surface area contributed by atoms with Gasteiger partial charge in [0, 0.05) is 38.3 Å². The van der Waals surface area contributed by atoms with Crippen molar-refractivity contribution < 1.29 is 9.18 Å². The minimum Gasteiger partial charge on any atom is -0.341 e. The van der Waals surface area contributed by atoms with Crippen LogP contribution in [0.25, 0.3) is 0 Å². The zero-order valence-electron chi connectivity index (χ0n) is 15.4. The lowest BCUT2D eigenvalue weighted by atomic mass is 10.1. The monoisotopic (exact) mass is 370 g/mol. The Bertz CT molecular complexity index is 918. The fraction of sp³-hybridized carbons (Fsp3) is 0.450. The van der Waals surface area contributed by atoms with E-state index in [1.807, 2.05) is 4.90 Å². The van der Waals surface area contributed by atoms with E-state index < -0.39 is 6.04 Å². The number of carbonyl (C=O) groups excluding carboxylic acids is 1.